The van der Waals surface area contributed by atoms with Crippen LogP contribution in [-0.4, -0.2) is 67.5 Å². The number of benzene rings is 1. The van der Waals surface area contributed by atoms with Gasteiger partial charge in [0.05, 0.1) is 12.2 Å². The SMILES string of the molecule is C=CCn1c(=O)c2cnc(Nc3ccc(N4CCC5(CC4)CN(C)C5)cc3)nc2n1-c1ccc2c(n1)C(C)(O)CC2. The van der Waals surface area contributed by atoms with E-state index in [4.69, 9.17) is 9.97 Å². The number of fused-ring (bicyclic) bond motifs is 2. The highest BCUT2D eigenvalue weighted by molar-refractivity contribution is 5.77. The number of nitrogens with one attached hydrogen (secondary N) is 1. The third-order valence-electron chi connectivity index (χ3n) is 9.07. The molecule has 5 heterocycles. The third-order valence-corrected chi connectivity index (χ3v) is 9.07. The van der Waals surface area contributed by atoms with Crippen molar-refractivity contribution in [1.29, 1.82) is 0 Å². The number of anilines is 3. The molecule has 10 heteroatoms. The Bertz CT molecular complexity index is 1690. The summed E-state index contributed by atoms with van der Waals surface area (Å²) in [4.78, 5) is 32.2. The Balaban J connectivity index is 1.17. The molecule has 0 radical (unpaired) electrons. The van der Waals surface area contributed by atoms with E-state index in [0.717, 1.165) is 30.8 Å². The van der Waals surface area contributed by atoms with Crippen LogP contribution >= 0.6 is 0 Å². The Labute approximate surface area is 238 Å². The summed E-state index contributed by atoms with van der Waals surface area (Å²) in [5.74, 6) is 0.905. The monoisotopic (exact) mass is 552 g/mol. The molecular formula is C31H36N8O2. The minimum absolute atomic E-state index is 0.221. The van der Waals surface area contributed by atoms with Crippen LogP contribution in [0.25, 0.3) is 16.9 Å². The Kier molecular flexibility index (Phi) is 6.02. The summed E-state index contributed by atoms with van der Waals surface area (Å²) in [7, 11) is 2.20. The summed E-state index contributed by atoms with van der Waals surface area (Å²) in [5.41, 5.74) is 3.51. The lowest BCUT2D eigenvalue weighted by Crippen LogP contribution is -2.58. The van der Waals surface area contributed by atoms with Crippen molar-refractivity contribution >= 4 is 28.4 Å². The highest BCUT2D eigenvalue weighted by atomic mass is 16.3. The van der Waals surface area contributed by atoms with Crippen molar-refractivity contribution in [2.75, 3.05) is 43.4 Å². The molecule has 10 nitrogen and oxygen atoms in total. The summed E-state index contributed by atoms with van der Waals surface area (Å²) in [5, 5.41) is 14.6. The number of hydrogen-bond donors (Lipinski definition) is 2. The number of aromatic nitrogens is 5. The van der Waals surface area contributed by atoms with Gasteiger partial charge in [-0.1, -0.05) is 12.1 Å². The van der Waals surface area contributed by atoms with Crippen LogP contribution in [0.3, 0.4) is 0 Å². The van der Waals surface area contributed by atoms with Crippen molar-refractivity contribution in [3.05, 3.63) is 76.9 Å². The first kappa shape index (κ1) is 25.9. The fourth-order valence-corrected chi connectivity index (χ4v) is 6.91. The second-order valence-corrected chi connectivity index (χ2v) is 12.2. The lowest BCUT2D eigenvalue weighted by Gasteiger charge is -2.53. The quantitative estimate of drug-likeness (QED) is 0.350. The first-order valence-electron chi connectivity index (χ1n) is 14.4. The number of aliphatic hydroxyl groups is 1. The maximum Gasteiger partial charge on any atom is 0.278 e. The van der Waals surface area contributed by atoms with Crippen molar-refractivity contribution < 1.29 is 5.11 Å². The molecule has 4 aromatic rings. The standard InChI is InChI=1S/C31H36N8O2/c1-4-15-38-28(40)24-18-32-29(35-27(24)39(38)25-10-5-21-11-12-30(2,41)26(21)34-25)33-22-6-8-23(9-7-22)37-16-13-31(14-17-37)19-36(3)20-31/h4-10,18,41H,1,11-17,19-20H2,2-3H3,(H,32,33,35). The van der Waals surface area contributed by atoms with Crippen molar-refractivity contribution in [2.24, 2.45) is 5.41 Å². The van der Waals surface area contributed by atoms with E-state index in [1.807, 2.05) is 24.3 Å². The van der Waals surface area contributed by atoms with E-state index >= 15 is 0 Å². The predicted molar refractivity (Wildman–Crippen MR) is 160 cm³/mol. The Morgan fingerprint density at radius 2 is 1.83 bits per heavy atom. The molecular weight excluding hydrogens is 516 g/mol. The fraction of sp³-hybridized carbons (Fsp3) is 0.419. The van der Waals surface area contributed by atoms with E-state index in [1.54, 1.807) is 28.6 Å². The van der Waals surface area contributed by atoms with Gasteiger partial charge in [0.1, 0.15) is 11.0 Å². The van der Waals surface area contributed by atoms with Gasteiger partial charge in [-0.15, -0.1) is 6.58 Å². The minimum atomic E-state index is -1.00. The average molecular weight is 553 g/mol. The second-order valence-electron chi connectivity index (χ2n) is 12.2. The highest BCUT2D eigenvalue weighted by Gasteiger charge is 2.43. The first-order chi connectivity index (χ1) is 19.7. The molecule has 3 aliphatic rings. The largest absolute Gasteiger partial charge is 0.384 e. The Hall–Kier alpha value is -4.02. The number of pyridine rings is 1. The van der Waals surface area contributed by atoms with E-state index in [-0.39, 0.29) is 12.1 Å². The fourth-order valence-electron chi connectivity index (χ4n) is 6.91. The summed E-state index contributed by atoms with van der Waals surface area (Å²) in [6.45, 7) is 10.5. The topological polar surface area (TPSA) is 104 Å². The Morgan fingerprint density at radius 3 is 2.54 bits per heavy atom. The summed E-state index contributed by atoms with van der Waals surface area (Å²) in [6.07, 6.45) is 7.11. The molecule has 1 unspecified atom stereocenters. The van der Waals surface area contributed by atoms with Crippen LogP contribution in [0.5, 0.6) is 0 Å². The van der Waals surface area contributed by atoms with Crippen molar-refractivity contribution in [2.45, 2.75) is 44.8 Å². The zero-order valence-electron chi connectivity index (χ0n) is 23.7. The normalized spacial score (nSPS) is 21.7. The smallest absolute Gasteiger partial charge is 0.278 e. The molecule has 0 bridgehead atoms. The summed E-state index contributed by atoms with van der Waals surface area (Å²) in [6, 6.07) is 12.2. The number of allylic oxidation sites excluding steroid dienone is 1. The first-order valence-corrected chi connectivity index (χ1v) is 14.4. The van der Waals surface area contributed by atoms with Gasteiger partial charge in [0, 0.05) is 43.8 Å². The molecule has 2 N–H and O–H groups in total. The number of nitrogens with zero attached hydrogens (tertiary/aromatic N) is 7. The zero-order chi connectivity index (χ0) is 28.4. The molecule has 0 amide bonds. The van der Waals surface area contributed by atoms with Gasteiger partial charge in [-0.2, -0.15) is 4.98 Å². The van der Waals surface area contributed by atoms with E-state index in [9.17, 15) is 9.90 Å². The van der Waals surface area contributed by atoms with E-state index in [1.165, 1.54) is 31.6 Å². The number of aryl methyl sites for hydroxylation is 1. The molecule has 2 fully saturated rings. The molecule has 1 aliphatic carbocycles. The second kappa shape index (κ2) is 9.53. The van der Waals surface area contributed by atoms with Gasteiger partial charge in [-0.05, 0) is 81.0 Å². The van der Waals surface area contributed by atoms with Crippen LogP contribution < -0.4 is 15.8 Å². The molecule has 7 rings (SSSR count). The van der Waals surface area contributed by atoms with Crippen LogP contribution in [0.2, 0.25) is 0 Å². The summed E-state index contributed by atoms with van der Waals surface area (Å²) < 4.78 is 3.25. The molecule has 0 saturated carbocycles. The van der Waals surface area contributed by atoms with Crippen LogP contribution in [0.4, 0.5) is 17.3 Å². The molecule has 2 saturated heterocycles. The van der Waals surface area contributed by atoms with Gasteiger partial charge >= 0.3 is 0 Å². The van der Waals surface area contributed by atoms with Gasteiger partial charge in [0.25, 0.3) is 5.56 Å². The van der Waals surface area contributed by atoms with Crippen LogP contribution in [-0.2, 0) is 18.6 Å². The molecule has 2 aliphatic heterocycles. The molecule has 1 spiro atoms. The molecule has 41 heavy (non-hydrogen) atoms. The van der Waals surface area contributed by atoms with Crippen LogP contribution in [0, 0.1) is 5.41 Å². The average Bonchev–Trinajstić information content (AvgIpc) is 3.41. The predicted octanol–water partition coefficient (Wildman–Crippen LogP) is 3.59. The van der Waals surface area contributed by atoms with Crippen LogP contribution in [0.1, 0.15) is 37.4 Å². The lowest BCUT2D eigenvalue weighted by atomic mass is 9.72. The maximum atomic E-state index is 13.3. The molecule has 212 valence electrons. The number of likely N-dealkylation sites (tertiary alicyclic amines) is 1. The molecule has 1 atom stereocenters. The van der Waals surface area contributed by atoms with Gasteiger partial charge in [-0.3, -0.25) is 4.79 Å². The van der Waals surface area contributed by atoms with Gasteiger partial charge in [-0.25, -0.2) is 19.3 Å². The lowest BCUT2D eigenvalue weighted by molar-refractivity contribution is 0.00132. The zero-order valence-corrected chi connectivity index (χ0v) is 23.7. The van der Waals surface area contributed by atoms with Gasteiger partial charge < -0.3 is 20.2 Å². The molecule has 1 aromatic carbocycles. The van der Waals surface area contributed by atoms with Crippen LogP contribution in [0.15, 0.2) is 60.0 Å². The summed E-state index contributed by atoms with van der Waals surface area (Å²) >= 11 is 0. The van der Waals surface area contributed by atoms with Crippen molar-refractivity contribution in [1.82, 2.24) is 29.2 Å². The molecule has 3 aromatic heterocycles. The van der Waals surface area contributed by atoms with Crippen molar-refractivity contribution in [3.8, 4) is 5.82 Å². The van der Waals surface area contributed by atoms with Gasteiger partial charge in [0.15, 0.2) is 11.5 Å². The van der Waals surface area contributed by atoms with E-state index in [2.05, 4.69) is 45.9 Å². The third kappa shape index (κ3) is 4.42. The maximum absolute atomic E-state index is 13.3. The van der Waals surface area contributed by atoms with E-state index in [0.29, 0.717) is 40.3 Å². The number of piperidine rings is 1. The highest BCUT2D eigenvalue weighted by Crippen LogP contribution is 2.40. The van der Waals surface area contributed by atoms with Gasteiger partial charge in [0.2, 0.25) is 5.95 Å². The van der Waals surface area contributed by atoms with E-state index < -0.39 is 5.60 Å². The number of rotatable bonds is 6. The van der Waals surface area contributed by atoms with Crippen molar-refractivity contribution in [3.63, 3.8) is 0 Å². The minimum Gasteiger partial charge on any atom is -0.384 e. The Morgan fingerprint density at radius 1 is 1.07 bits per heavy atom. The number of hydrogen-bond acceptors (Lipinski definition) is 8.